The van der Waals surface area contributed by atoms with Crippen LogP contribution in [0.5, 0.6) is 0 Å². The minimum absolute atomic E-state index is 0.0424. The predicted octanol–water partition coefficient (Wildman–Crippen LogP) is 2.59. The topological polar surface area (TPSA) is 62.6 Å². The Morgan fingerprint density at radius 3 is 2.72 bits per heavy atom. The molecule has 0 bridgehead atoms. The Bertz CT molecular complexity index is 775. The average molecular weight is 342 g/mol. The van der Waals surface area contributed by atoms with E-state index in [1.807, 2.05) is 0 Å². The number of rotatable bonds is 7. The quantitative estimate of drug-likeness (QED) is 0.787. The molecular weight excluding hydrogens is 323 g/mol. The van der Waals surface area contributed by atoms with Gasteiger partial charge in [-0.2, -0.15) is 0 Å². The van der Waals surface area contributed by atoms with Gasteiger partial charge in [0.2, 0.25) is 5.91 Å². The van der Waals surface area contributed by atoms with Gasteiger partial charge in [0.15, 0.2) is 0 Å². The van der Waals surface area contributed by atoms with Crippen LogP contribution in [-0.4, -0.2) is 29.8 Å². The highest BCUT2D eigenvalue weighted by atomic mass is 19.1. The summed E-state index contributed by atoms with van der Waals surface area (Å²) >= 11 is 0. The summed E-state index contributed by atoms with van der Waals surface area (Å²) in [6.07, 6.45) is 1.63. The van der Waals surface area contributed by atoms with Crippen LogP contribution in [0.1, 0.15) is 29.5 Å². The average Bonchev–Trinajstić information content (AvgIpc) is 3.11. The van der Waals surface area contributed by atoms with Gasteiger partial charge in [-0.3, -0.25) is 9.59 Å². The number of nitrogens with zero attached hydrogens (tertiary/aromatic N) is 1. The van der Waals surface area contributed by atoms with Gasteiger partial charge in [-0.15, -0.1) is 5.92 Å². The van der Waals surface area contributed by atoms with Crippen LogP contribution in [-0.2, 0) is 11.3 Å². The Morgan fingerprint density at radius 2 is 2.04 bits per heavy atom. The lowest BCUT2D eigenvalue weighted by atomic mass is 10.2. The Morgan fingerprint density at radius 1 is 1.24 bits per heavy atom. The summed E-state index contributed by atoms with van der Waals surface area (Å²) in [5.41, 5.74) is -0.0424. The van der Waals surface area contributed by atoms with Gasteiger partial charge in [-0.1, -0.05) is 18.1 Å². The number of hydrogen-bond acceptors (Lipinski definition) is 3. The fourth-order valence-electron chi connectivity index (χ4n) is 2.18. The van der Waals surface area contributed by atoms with Crippen molar-refractivity contribution in [3.05, 3.63) is 59.8 Å². The highest BCUT2D eigenvalue weighted by molar-refractivity contribution is 5.94. The number of benzene rings is 1. The number of carbonyl (C=O) groups is 2. The van der Waals surface area contributed by atoms with Crippen LogP contribution in [0.2, 0.25) is 0 Å². The van der Waals surface area contributed by atoms with E-state index in [0.29, 0.717) is 12.3 Å². The first kappa shape index (κ1) is 18.3. The molecule has 1 heterocycles. The maximum absolute atomic E-state index is 13.5. The van der Waals surface area contributed by atoms with E-state index in [1.54, 1.807) is 30.0 Å². The van der Waals surface area contributed by atoms with E-state index in [-0.39, 0.29) is 31.0 Å². The Hall–Kier alpha value is -3.07. The number of hydrogen-bond donors (Lipinski definition) is 1. The van der Waals surface area contributed by atoms with Crippen LogP contribution < -0.4 is 5.32 Å². The summed E-state index contributed by atoms with van der Waals surface area (Å²) in [5.74, 6) is 4.94. The van der Waals surface area contributed by atoms with E-state index in [0.717, 1.165) is 0 Å². The van der Waals surface area contributed by atoms with Crippen molar-refractivity contribution < 1.29 is 18.4 Å². The van der Waals surface area contributed by atoms with E-state index in [4.69, 9.17) is 4.42 Å². The molecule has 2 aromatic rings. The van der Waals surface area contributed by atoms with Crippen LogP contribution in [0.3, 0.4) is 0 Å². The van der Waals surface area contributed by atoms with Gasteiger partial charge in [0.25, 0.3) is 5.91 Å². The minimum atomic E-state index is -0.594. The van der Waals surface area contributed by atoms with Crippen molar-refractivity contribution in [2.45, 2.75) is 19.9 Å². The van der Waals surface area contributed by atoms with Crippen LogP contribution in [0, 0.1) is 17.7 Å². The molecular formula is C19H19FN2O3. The van der Waals surface area contributed by atoms with E-state index in [1.165, 1.54) is 24.5 Å². The lowest BCUT2D eigenvalue weighted by Crippen LogP contribution is -2.34. The van der Waals surface area contributed by atoms with E-state index >= 15 is 0 Å². The van der Waals surface area contributed by atoms with Crippen molar-refractivity contribution >= 4 is 11.8 Å². The first-order valence-electron chi connectivity index (χ1n) is 7.84. The molecule has 0 spiro atoms. The van der Waals surface area contributed by atoms with Gasteiger partial charge in [0.05, 0.1) is 24.9 Å². The van der Waals surface area contributed by atoms with Crippen molar-refractivity contribution in [3.8, 4) is 11.8 Å². The number of nitrogens with one attached hydrogen (secondary N) is 1. The van der Waals surface area contributed by atoms with Crippen molar-refractivity contribution in [1.82, 2.24) is 10.2 Å². The minimum Gasteiger partial charge on any atom is -0.467 e. The molecule has 0 aliphatic rings. The van der Waals surface area contributed by atoms with E-state index in [9.17, 15) is 14.0 Å². The molecule has 2 amide bonds. The van der Waals surface area contributed by atoms with Crippen LogP contribution in [0.25, 0.3) is 0 Å². The molecule has 2 rings (SSSR count). The molecule has 0 saturated heterocycles. The first-order valence-corrected chi connectivity index (χ1v) is 7.84. The summed E-state index contributed by atoms with van der Waals surface area (Å²) in [5, 5.41) is 2.55. The summed E-state index contributed by atoms with van der Waals surface area (Å²) in [6, 6.07) is 9.23. The summed E-state index contributed by atoms with van der Waals surface area (Å²) in [7, 11) is 0. The fraction of sp³-hybridized carbons (Fsp3) is 0.263. The van der Waals surface area contributed by atoms with Crippen LogP contribution >= 0.6 is 0 Å². The SMILES string of the molecule is CC#CCN(Cc1ccco1)C(=O)CCNC(=O)c1ccccc1F. The Balaban J connectivity index is 1.88. The number of amides is 2. The number of furan rings is 1. The maximum atomic E-state index is 13.5. The van der Waals surface area contributed by atoms with Gasteiger partial charge < -0.3 is 14.6 Å². The normalized spacial score (nSPS) is 9.84. The summed E-state index contributed by atoms with van der Waals surface area (Å²) < 4.78 is 18.8. The second-order valence-electron chi connectivity index (χ2n) is 5.24. The summed E-state index contributed by atoms with van der Waals surface area (Å²) in [4.78, 5) is 25.8. The first-order chi connectivity index (χ1) is 12.1. The third-order valence-electron chi connectivity index (χ3n) is 3.47. The fourth-order valence-corrected chi connectivity index (χ4v) is 2.18. The standard InChI is InChI=1S/C19H19FN2O3/c1-2-3-12-22(14-15-7-6-13-25-15)18(23)10-11-21-19(24)16-8-4-5-9-17(16)20/h4-9,13H,10-12,14H2,1H3,(H,21,24). The lowest BCUT2D eigenvalue weighted by Gasteiger charge is -2.19. The molecule has 5 nitrogen and oxygen atoms in total. The van der Waals surface area contributed by atoms with Crippen molar-refractivity contribution in [3.63, 3.8) is 0 Å². The summed E-state index contributed by atoms with van der Waals surface area (Å²) in [6.45, 7) is 2.39. The predicted molar refractivity (Wildman–Crippen MR) is 90.9 cm³/mol. The highest BCUT2D eigenvalue weighted by Gasteiger charge is 2.15. The third-order valence-corrected chi connectivity index (χ3v) is 3.47. The number of carbonyl (C=O) groups excluding carboxylic acids is 2. The van der Waals surface area contributed by atoms with Crippen molar-refractivity contribution in [1.29, 1.82) is 0 Å². The molecule has 0 saturated carbocycles. The van der Waals surface area contributed by atoms with Crippen molar-refractivity contribution in [2.24, 2.45) is 0 Å². The molecule has 6 heteroatoms. The molecule has 0 atom stereocenters. The molecule has 0 radical (unpaired) electrons. The molecule has 1 aromatic heterocycles. The zero-order valence-corrected chi connectivity index (χ0v) is 13.9. The van der Waals surface area contributed by atoms with Gasteiger partial charge in [0, 0.05) is 13.0 Å². The molecule has 130 valence electrons. The maximum Gasteiger partial charge on any atom is 0.254 e. The second-order valence-corrected chi connectivity index (χ2v) is 5.24. The van der Waals surface area contributed by atoms with Gasteiger partial charge >= 0.3 is 0 Å². The van der Waals surface area contributed by atoms with E-state index < -0.39 is 11.7 Å². The highest BCUT2D eigenvalue weighted by Crippen LogP contribution is 2.08. The van der Waals surface area contributed by atoms with Gasteiger partial charge in [-0.05, 0) is 31.2 Å². The Kier molecular flexibility index (Phi) is 6.78. The molecule has 1 N–H and O–H groups in total. The molecule has 0 aliphatic carbocycles. The zero-order valence-electron chi connectivity index (χ0n) is 13.9. The van der Waals surface area contributed by atoms with Crippen molar-refractivity contribution in [2.75, 3.05) is 13.1 Å². The number of halogens is 1. The van der Waals surface area contributed by atoms with Crippen LogP contribution in [0.15, 0.2) is 47.1 Å². The molecule has 1 aromatic carbocycles. The molecule has 0 unspecified atom stereocenters. The largest absolute Gasteiger partial charge is 0.467 e. The van der Waals surface area contributed by atoms with Gasteiger partial charge in [0.1, 0.15) is 11.6 Å². The van der Waals surface area contributed by atoms with Crippen LogP contribution in [0.4, 0.5) is 4.39 Å². The molecule has 25 heavy (non-hydrogen) atoms. The second kappa shape index (κ2) is 9.28. The molecule has 0 fully saturated rings. The molecule has 0 aliphatic heterocycles. The zero-order chi connectivity index (χ0) is 18.1. The lowest BCUT2D eigenvalue weighted by molar-refractivity contribution is -0.131. The monoisotopic (exact) mass is 342 g/mol. The van der Waals surface area contributed by atoms with E-state index in [2.05, 4.69) is 17.2 Å². The third kappa shape index (κ3) is 5.50. The van der Waals surface area contributed by atoms with Gasteiger partial charge in [-0.25, -0.2) is 4.39 Å². The Labute approximate surface area is 145 Å². The smallest absolute Gasteiger partial charge is 0.254 e.